The van der Waals surface area contributed by atoms with E-state index in [9.17, 15) is 13.2 Å². The minimum Gasteiger partial charge on any atom is -0.334 e. The van der Waals surface area contributed by atoms with Gasteiger partial charge in [-0.3, -0.25) is 9.52 Å². The minimum atomic E-state index is -3.80. The molecule has 1 aromatic heterocycles. The van der Waals surface area contributed by atoms with E-state index in [4.69, 9.17) is 4.98 Å². The molecule has 0 spiro atoms. The van der Waals surface area contributed by atoms with E-state index in [1.807, 2.05) is 18.3 Å². The Kier molecular flexibility index (Phi) is 5.82. The van der Waals surface area contributed by atoms with Crippen LogP contribution in [0.3, 0.4) is 0 Å². The molecule has 7 nitrogen and oxygen atoms in total. The summed E-state index contributed by atoms with van der Waals surface area (Å²) >= 11 is 0. The van der Waals surface area contributed by atoms with Crippen molar-refractivity contribution in [1.29, 1.82) is 0 Å². The number of carbonyl (C=O) groups excluding carboxylic acids is 1. The summed E-state index contributed by atoms with van der Waals surface area (Å²) in [6, 6.07) is 13.4. The largest absolute Gasteiger partial charge is 0.334 e. The summed E-state index contributed by atoms with van der Waals surface area (Å²) in [6.45, 7) is 4.54. The van der Waals surface area contributed by atoms with Gasteiger partial charge in [0.25, 0.3) is 10.0 Å². The van der Waals surface area contributed by atoms with E-state index in [1.54, 1.807) is 38.1 Å². The van der Waals surface area contributed by atoms with Gasteiger partial charge in [-0.2, -0.15) is 0 Å². The Morgan fingerprint density at radius 2 is 1.81 bits per heavy atom. The fourth-order valence-electron chi connectivity index (χ4n) is 3.55. The standard InChI is InChI=1S/C23H26N4O3S/c1-16(2)23(28)24-17-10-12-18(13-11-17)31(29,30)26-20-8-4-3-7-19(20)21-15-27-14-6-5-9-22(27)25-21/h3-4,7-8,10-13,15-16,26H,5-6,9,14H2,1-2H3,(H,24,28). The zero-order valence-corrected chi connectivity index (χ0v) is 18.4. The van der Waals surface area contributed by atoms with Crippen molar-refractivity contribution in [2.75, 3.05) is 10.0 Å². The van der Waals surface area contributed by atoms with E-state index in [-0.39, 0.29) is 16.7 Å². The van der Waals surface area contributed by atoms with Gasteiger partial charge in [0, 0.05) is 36.3 Å². The molecular weight excluding hydrogens is 412 g/mol. The predicted octanol–water partition coefficient (Wildman–Crippen LogP) is 4.28. The Hall–Kier alpha value is -3.13. The Balaban J connectivity index is 1.58. The first-order valence-corrected chi connectivity index (χ1v) is 11.9. The van der Waals surface area contributed by atoms with Crippen LogP contribution in [0.4, 0.5) is 11.4 Å². The van der Waals surface area contributed by atoms with E-state index < -0.39 is 10.0 Å². The SMILES string of the molecule is CC(C)C(=O)Nc1ccc(S(=O)(=O)Nc2ccccc2-c2cn3c(n2)CCCC3)cc1. The van der Waals surface area contributed by atoms with Gasteiger partial charge in [0.05, 0.1) is 16.3 Å². The van der Waals surface area contributed by atoms with Crippen molar-refractivity contribution in [1.82, 2.24) is 9.55 Å². The third kappa shape index (κ3) is 4.64. The third-order valence-electron chi connectivity index (χ3n) is 5.31. The molecule has 0 fully saturated rings. The number of hydrogen-bond acceptors (Lipinski definition) is 4. The van der Waals surface area contributed by atoms with Crippen molar-refractivity contribution >= 4 is 27.3 Å². The van der Waals surface area contributed by atoms with Gasteiger partial charge < -0.3 is 9.88 Å². The van der Waals surface area contributed by atoms with E-state index >= 15 is 0 Å². The number of nitrogens with one attached hydrogen (secondary N) is 2. The lowest BCUT2D eigenvalue weighted by Gasteiger charge is -2.12. The lowest BCUT2D eigenvalue weighted by Crippen LogP contribution is -2.18. The Morgan fingerprint density at radius 3 is 2.52 bits per heavy atom. The van der Waals surface area contributed by atoms with E-state index in [2.05, 4.69) is 14.6 Å². The molecule has 1 aliphatic heterocycles. The number of aromatic nitrogens is 2. The highest BCUT2D eigenvalue weighted by Gasteiger charge is 2.19. The molecule has 0 radical (unpaired) electrons. The molecule has 4 rings (SSSR count). The molecule has 0 bridgehead atoms. The summed E-state index contributed by atoms with van der Waals surface area (Å²) in [4.78, 5) is 16.7. The summed E-state index contributed by atoms with van der Waals surface area (Å²) in [5, 5.41) is 2.76. The number of carbonyl (C=O) groups is 1. The topological polar surface area (TPSA) is 93.1 Å². The number of hydrogen-bond donors (Lipinski definition) is 2. The highest BCUT2D eigenvalue weighted by molar-refractivity contribution is 7.92. The lowest BCUT2D eigenvalue weighted by molar-refractivity contribution is -0.118. The number of para-hydroxylation sites is 1. The third-order valence-corrected chi connectivity index (χ3v) is 6.69. The number of aryl methyl sites for hydroxylation is 2. The number of fused-ring (bicyclic) bond motifs is 1. The molecule has 1 aliphatic rings. The molecule has 0 aliphatic carbocycles. The molecule has 2 N–H and O–H groups in total. The number of benzene rings is 2. The highest BCUT2D eigenvalue weighted by atomic mass is 32.2. The summed E-state index contributed by atoms with van der Waals surface area (Å²) in [5.41, 5.74) is 2.55. The van der Waals surface area contributed by atoms with Crippen molar-refractivity contribution in [3.05, 3.63) is 60.6 Å². The van der Waals surface area contributed by atoms with Crippen molar-refractivity contribution in [3.63, 3.8) is 0 Å². The molecule has 0 saturated carbocycles. The van der Waals surface area contributed by atoms with Crippen LogP contribution in [0.1, 0.15) is 32.5 Å². The van der Waals surface area contributed by atoms with Crippen LogP contribution in [0.5, 0.6) is 0 Å². The molecule has 3 aromatic rings. The van der Waals surface area contributed by atoms with Gasteiger partial charge in [-0.05, 0) is 43.2 Å². The zero-order chi connectivity index (χ0) is 22.0. The second-order valence-corrected chi connectivity index (χ2v) is 9.69. The van der Waals surface area contributed by atoms with E-state index in [0.717, 1.165) is 42.9 Å². The van der Waals surface area contributed by atoms with Gasteiger partial charge in [0.15, 0.2) is 0 Å². The molecule has 0 saturated heterocycles. The van der Waals surface area contributed by atoms with Crippen LogP contribution in [0.25, 0.3) is 11.3 Å². The second-order valence-electron chi connectivity index (χ2n) is 8.01. The lowest BCUT2D eigenvalue weighted by atomic mass is 10.1. The maximum absolute atomic E-state index is 13.0. The summed E-state index contributed by atoms with van der Waals surface area (Å²) in [7, 11) is -3.80. The van der Waals surface area contributed by atoms with Crippen molar-refractivity contribution in [2.24, 2.45) is 5.92 Å². The first-order chi connectivity index (χ1) is 14.8. The summed E-state index contributed by atoms with van der Waals surface area (Å²) in [5.74, 6) is 0.763. The molecule has 31 heavy (non-hydrogen) atoms. The van der Waals surface area contributed by atoms with Crippen LogP contribution in [0.15, 0.2) is 59.6 Å². The molecular formula is C23H26N4O3S. The van der Waals surface area contributed by atoms with Crippen LogP contribution in [-0.2, 0) is 27.8 Å². The van der Waals surface area contributed by atoms with Crippen LogP contribution >= 0.6 is 0 Å². The number of nitrogens with zero attached hydrogens (tertiary/aromatic N) is 2. The van der Waals surface area contributed by atoms with E-state index in [0.29, 0.717) is 11.4 Å². The number of amides is 1. The van der Waals surface area contributed by atoms with Crippen molar-refractivity contribution in [2.45, 2.75) is 44.6 Å². The second kappa shape index (κ2) is 8.55. The fourth-order valence-corrected chi connectivity index (χ4v) is 4.63. The molecule has 2 heterocycles. The van der Waals surface area contributed by atoms with Crippen LogP contribution in [0, 0.1) is 5.92 Å². The maximum Gasteiger partial charge on any atom is 0.261 e. The highest BCUT2D eigenvalue weighted by Crippen LogP contribution is 2.30. The molecule has 8 heteroatoms. The fraction of sp³-hybridized carbons (Fsp3) is 0.304. The Labute approximate surface area is 182 Å². The van der Waals surface area contributed by atoms with Crippen molar-refractivity contribution < 1.29 is 13.2 Å². The average molecular weight is 439 g/mol. The van der Waals surface area contributed by atoms with Gasteiger partial charge in [-0.15, -0.1) is 0 Å². The summed E-state index contributed by atoms with van der Waals surface area (Å²) < 4.78 is 30.8. The van der Waals surface area contributed by atoms with Gasteiger partial charge in [0.2, 0.25) is 5.91 Å². The molecule has 0 unspecified atom stereocenters. The normalized spacial score (nSPS) is 13.6. The Bertz CT molecular complexity index is 1170. The van der Waals surface area contributed by atoms with Crippen LogP contribution in [0.2, 0.25) is 0 Å². The smallest absolute Gasteiger partial charge is 0.261 e. The molecule has 0 atom stereocenters. The first-order valence-electron chi connectivity index (χ1n) is 10.4. The number of anilines is 2. The van der Waals surface area contributed by atoms with Gasteiger partial charge >= 0.3 is 0 Å². The van der Waals surface area contributed by atoms with Crippen LogP contribution < -0.4 is 10.0 Å². The van der Waals surface area contributed by atoms with Crippen molar-refractivity contribution in [3.8, 4) is 11.3 Å². The average Bonchev–Trinajstić information content (AvgIpc) is 3.18. The minimum absolute atomic E-state index is 0.119. The summed E-state index contributed by atoms with van der Waals surface area (Å²) in [6.07, 6.45) is 5.18. The number of sulfonamides is 1. The Morgan fingerprint density at radius 1 is 1.06 bits per heavy atom. The van der Waals surface area contributed by atoms with Gasteiger partial charge in [0.1, 0.15) is 5.82 Å². The molecule has 162 valence electrons. The number of imidazole rings is 1. The molecule has 1 amide bonds. The monoisotopic (exact) mass is 438 g/mol. The first kappa shape index (κ1) is 21.1. The van der Waals surface area contributed by atoms with Gasteiger partial charge in [-0.25, -0.2) is 13.4 Å². The predicted molar refractivity (Wildman–Crippen MR) is 121 cm³/mol. The van der Waals surface area contributed by atoms with Crippen LogP contribution in [-0.4, -0.2) is 23.9 Å². The van der Waals surface area contributed by atoms with E-state index in [1.165, 1.54) is 12.1 Å². The molecule has 2 aromatic carbocycles. The quantitative estimate of drug-likeness (QED) is 0.601. The maximum atomic E-state index is 13.0. The zero-order valence-electron chi connectivity index (χ0n) is 17.6. The van der Waals surface area contributed by atoms with Gasteiger partial charge in [-0.1, -0.05) is 32.0 Å². The number of rotatable bonds is 6.